The second-order valence-corrected chi connectivity index (χ2v) is 4.45. The van der Waals surface area contributed by atoms with Gasteiger partial charge in [-0.05, 0) is 25.8 Å². The monoisotopic (exact) mass is 234 g/mol. The van der Waals surface area contributed by atoms with Crippen molar-refractivity contribution in [2.45, 2.75) is 25.8 Å². The number of nitrogens with zero attached hydrogens (tertiary/aromatic N) is 3. The van der Waals surface area contributed by atoms with Crippen LogP contribution in [0.1, 0.15) is 18.5 Å². The van der Waals surface area contributed by atoms with E-state index in [1.54, 1.807) is 6.20 Å². The maximum Gasteiger partial charge on any atom is 0.172 e. The predicted molar refractivity (Wildman–Crippen MR) is 63.7 cm³/mol. The fourth-order valence-corrected chi connectivity index (χ4v) is 1.74. The third-order valence-electron chi connectivity index (χ3n) is 2.56. The molecule has 2 heterocycles. The highest BCUT2D eigenvalue weighted by molar-refractivity contribution is 6.32. The molecule has 0 saturated heterocycles. The lowest BCUT2D eigenvalue weighted by Crippen LogP contribution is -2.05. The smallest absolute Gasteiger partial charge is 0.172 e. The van der Waals surface area contributed by atoms with Crippen molar-refractivity contribution in [1.29, 1.82) is 0 Å². The minimum atomic E-state index is 0.421. The molecule has 0 atom stereocenters. The summed E-state index contributed by atoms with van der Waals surface area (Å²) >= 11 is 6.05. The molecule has 1 aliphatic rings. The topological polar surface area (TPSA) is 50.7 Å². The zero-order valence-corrected chi connectivity index (χ0v) is 9.62. The van der Waals surface area contributed by atoms with E-state index in [9.17, 15) is 0 Å². The van der Waals surface area contributed by atoms with Gasteiger partial charge < -0.3 is 5.32 Å². The molecule has 0 amide bonds. The standard InChI is InChI=1S/C11H11ClN4/c1-6-4-8-9(5-13-6)15-10(12)11(16-8)14-7-2-3-7/h4-5,7H,2-3H2,1H3,(H,14,16). The first-order valence-electron chi connectivity index (χ1n) is 5.29. The Balaban J connectivity index is 2.10. The van der Waals surface area contributed by atoms with Gasteiger partial charge in [-0.15, -0.1) is 0 Å². The van der Waals surface area contributed by atoms with Gasteiger partial charge in [0.15, 0.2) is 11.0 Å². The first-order valence-corrected chi connectivity index (χ1v) is 5.66. The number of fused-ring (bicyclic) bond motifs is 1. The van der Waals surface area contributed by atoms with Gasteiger partial charge in [-0.3, -0.25) is 4.98 Å². The average molecular weight is 235 g/mol. The summed E-state index contributed by atoms with van der Waals surface area (Å²) in [5.74, 6) is 0.683. The van der Waals surface area contributed by atoms with Crippen molar-refractivity contribution in [3.8, 4) is 0 Å². The lowest BCUT2D eigenvalue weighted by atomic mass is 10.3. The van der Waals surface area contributed by atoms with Gasteiger partial charge in [-0.25, -0.2) is 9.97 Å². The van der Waals surface area contributed by atoms with Crippen LogP contribution in [-0.4, -0.2) is 21.0 Å². The van der Waals surface area contributed by atoms with Crippen LogP contribution in [-0.2, 0) is 0 Å². The fraction of sp³-hybridized carbons (Fsp3) is 0.364. The first kappa shape index (κ1) is 9.78. The quantitative estimate of drug-likeness (QED) is 0.868. The number of hydrogen-bond acceptors (Lipinski definition) is 4. The molecule has 0 aliphatic heterocycles. The number of halogens is 1. The van der Waals surface area contributed by atoms with E-state index in [0.717, 1.165) is 16.7 Å². The number of nitrogens with one attached hydrogen (secondary N) is 1. The third-order valence-corrected chi connectivity index (χ3v) is 2.83. The molecule has 0 unspecified atom stereocenters. The number of aromatic nitrogens is 3. The second kappa shape index (κ2) is 3.56. The molecule has 0 aromatic carbocycles. The van der Waals surface area contributed by atoms with Crippen LogP contribution in [0.15, 0.2) is 12.3 Å². The maximum absolute atomic E-state index is 6.05. The molecular weight excluding hydrogens is 224 g/mol. The highest BCUT2D eigenvalue weighted by atomic mass is 35.5. The zero-order chi connectivity index (χ0) is 11.1. The minimum Gasteiger partial charge on any atom is -0.365 e. The van der Waals surface area contributed by atoms with E-state index in [1.165, 1.54) is 12.8 Å². The summed E-state index contributed by atoms with van der Waals surface area (Å²) in [6, 6.07) is 2.43. The molecule has 1 saturated carbocycles. The van der Waals surface area contributed by atoms with Crippen molar-refractivity contribution in [2.75, 3.05) is 5.32 Å². The van der Waals surface area contributed by atoms with Crippen LogP contribution in [0.25, 0.3) is 11.0 Å². The van der Waals surface area contributed by atoms with Gasteiger partial charge in [0.25, 0.3) is 0 Å². The van der Waals surface area contributed by atoms with Gasteiger partial charge in [-0.1, -0.05) is 11.6 Å². The average Bonchev–Trinajstić information content (AvgIpc) is 3.04. The Hall–Kier alpha value is -1.42. The third kappa shape index (κ3) is 1.80. The molecule has 0 spiro atoms. The molecule has 2 aromatic rings. The van der Waals surface area contributed by atoms with E-state index in [0.29, 0.717) is 17.0 Å². The first-order chi connectivity index (χ1) is 7.72. The van der Waals surface area contributed by atoms with Crippen LogP contribution in [0.5, 0.6) is 0 Å². The van der Waals surface area contributed by atoms with Crippen molar-refractivity contribution in [1.82, 2.24) is 15.0 Å². The van der Waals surface area contributed by atoms with Crippen molar-refractivity contribution < 1.29 is 0 Å². The van der Waals surface area contributed by atoms with E-state index < -0.39 is 0 Å². The van der Waals surface area contributed by atoms with Crippen molar-refractivity contribution >= 4 is 28.5 Å². The Morgan fingerprint density at radius 2 is 2.12 bits per heavy atom. The van der Waals surface area contributed by atoms with Crippen molar-refractivity contribution in [3.63, 3.8) is 0 Å². The molecule has 2 aromatic heterocycles. The molecule has 1 aliphatic carbocycles. The summed E-state index contributed by atoms with van der Waals surface area (Å²) in [5, 5.41) is 3.69. The Labute approximate surface area is 98.1 Å². The van der Waals surface area contributed by atoms with Crippen molar-refractivity contribution in [2.24, 2.45) is 0 Å². The van der Waals surface area contributed by atoms with Crippen molar-refractivity contribution in [3.05, 3.63) is 23.1 Å². The molecule has 0 radical (unpaired) electrons. The highest BCUT2D eigenvalue weighted by Gasteiger charge is 2.22. The van der Waals surface area contributed by atoms with E-state index in [1.807, 2.05) is 13.0 Å². The summed E-state index contributed by atoms with van der Waals surface area (Å²) in [5.41, 5.74) is 2.50. The van der Waals surface area contributed by atoms with E-state index in [-0.39, 0.29) is 0 Å². The van der Waals surface area contributed by atoms with Gasteiger partial charge in [0.1, 0.15) is 5.52 Å². The van der Waals surface area contributed by atoms with Crippen LogP contribution in [0.2, 0.25) is 5.15 Å². The van der Waals surface area contributed by atoms with Gasteiger partial charge in [-0.2, -0.15) is 0 Å². The Morgan fingerprint density at radius 3 is 2.88 bits per heavy atom. The molecule has 4 nitrogen and oxygen atoms in total. The summed E-state index contributed by atoms with van der Waals surface area (Å²) in [6.45, 7) is 1.93. The van der Waals surface area contributed by atoms with Crippen LogP contribution in [0, 0.1) is 6.92 Å². The normalized spacial score (nSPS) is 15.4. The predicted octanol–water partition coefficient (Wildman–Crippen LogP) is 2.56. The number of aryl methyl sites for hydroxylation is 1. The minimum absolute atomic E-state index is 0.421. The number of hydrogen-bond donors (Lipinski definition) is 1. The number of anilines is 1. The summed E-state index contributed by atoms with van der Waals surface area (Å²) < 4.78 is 0. The number of rotatable bonds is 2. The molecule has 3 rings (SSSR count). The van der Waals surface area contributed by atoms with Crippen LogP contribution < -0.4 is 5.32 Å². The fourth-order valence-electron chi connectivity index (χ4n) is 1.55. The summed E-state index contributed by atoms with van der Waals surface area (Å²) in [7, 11) is 0. The van der Waals surface area contributed by atoms with Gasteiger partial charge in [0.2, 0.25) is 0 Å². The van der Waals surface area contributed by atoms with Crippen LogP contribution in [0.3, 0.4) is 0 Å². The van der Waals surface area contributed by atoms with Gasteiger partial charge in [0, 0.05) is 11.7 Å². The molecule has 5 heteroatoms. The van der Waals surface area contributed by atoms with Crippen LogP contribution >= 0.6 is 11.6 Å². The number of pyridine rings is 1. The second-order valence-electron chi connectivity index (χ2n) is 4.10. The highest BCUT2D eigenvalue weighted by Crippen LogP contribution is 2.28. The molecule has 0 bridgehead atoms. The van der Waals surface area contributed by atoms with E-state index in [4.69, 9.17) is 11.6 Å². The molecule has 1 N–H and O–H groups in total. The van der Waals surface area contributed by atoms with Crippen LogP contribution in [0.4, 0.5) is 5.82 Å². The molecule has 1 fully saturated rings. The Kier molecular flexibility index (Phi) is 2.17. The molecule has 82 valence electrons. The zero-order valence-electron chi connectivity index (χ0n) is 8.87. The Morgan fingerprint density at radius 1 is 1.31 bits per heavy atom. The van der Waals surface area contributed by atoms with E-state index in [2.05, 4.69) is 20.3 Å². The largest absolute Gasteiger partial charge is 0.365 e. The van der Waals surface area contributed by atoms with E-state index >= 15 is 0 Å². The maximum atomic E-state index is 6.05. The van der Waals surface area contributed by atoms with Gasteiger partial charge >= 0.3 is 0 Å². The molecule has 16 heavy (non-hydrogen) atoms. The summed E-state index contributed by atoms with van der Waals surface area (Å²) in [6.07, 6.45) is 4.07. The Bertz CT molecular complexity index is 551. The summed E-state index contributed by atoms with van der Waals surface area (Å²) in [4.78, 5) is 12.9. The lowest BCUT2D eigenvalue weighted by Gasteiger charge is -2.06. The lowest BCUT2D eigenvalue weighted by molar-refractivity contribution is 1.10. The van der Waals surface area contributed by atoms with Gasteiger partial charge in [0.05, 0.1) is 11.7 Å². The SMILES string of the molecule is Cc1cc2nc(NC3CC3)c(Cl)nc2cn1. The molecular formula is C11H11ClN4.